The van der Waals surface area contributed by atoms with E-state index in [2.05, 4.69) is 20.9 Å². The van der Waals surface area contributed by atoms with Crippen LogP contribution in [0.4, 0.5) is 0 Å². The molecule has 0 saturated carbocycles. The van der Waals surface area contributed by atoms with E-state index < -0.39 is 35.8 Å². The largest absolute Gasteiger partial charge is 0.368 e. The van der Waals surface area contributed by atoms with Gasteiger partial charge in [0.25, 0.3) is 0 Å². The number of carbonyl (C=O) groups is 4. The van der Waals surface area contributed by atoms with Gasteiger partial charge in [-0.2, -0.15) is 0 Å². The quantitative estimate of drug-likeness (QED) is 0.423. The predicted molar refractivity (Wildman–Crippen MR) is 104 cm³/mol. The summed E-state index contributed by atoms with van der Waals surface area (Å²) in [5.74, 6) is -2.10. The Hall–Kier alpha value is -3.36. The van der Waals surface area contributed by atoms with Crippen LogP contribution in [0.1, 0.15) is 26.3 Å². The van der Waals surface area contributed by atoms with Crippen molar-refractivity contribution < 1.29 is 19.2 Å². The molecule has 0 bridgehead atoms. The van der Waals surface area contributed by atoms with Crippen molar-refractivity contribution in [2.45, 2.75) is 45.3 Å². The molecule has 6 N–H and O–H groups in total. The number of benzene rings is 1. The lowest BCUT2D eigenvalue weighted by molar-refractivity contribution is -0.132. The Labute approximate surface area is 162 Å². The van der Waals surface area contributed by atoms with Crippen LogP contribution in [-0.4, -0.2) is 46.7 Å². The fraction of sp³-hybridized carbons (Fsp3) is 0.368. The van der Waals surface area contributed by atoms with Crippen LogP contribution in [0, 0.1) is 0 Å². The molecule has 0 aliphatic carbocycles. The van der Waals surface area contributed by atoms with Crippen molar-refractivity contribution in [1.29, 1.82) is 0 Å². The van der Waals surface area contributed by atoms with Crippen molar-refractivity contribution in [2.24, 2.45) is 5.73 Å². The summed E-state index contributed by atoms with van der Waals surface area (Å²) in [4.78, 5) is 50.6. The fourth-order valence-electron chi connectivity index (χ4n) is 2.78. The Morgan fingerprint density at radius 1 is 1.00 bits per heavy atom. The van der Waals surface area contributed by atoms with Crippen LogP contribution in [-0.2, 0) is 25.6 Å². The number of hydrogen-bond donors (Lipinski definition) is 5. The van der Waals surface area contributed by atoms with Crippen molar-refractivity contribution in [3.63, 3.8) is 0 Å². The van der Waals surface area contributed by atoms with Crippen LogP contribution >= 0.6 is 0 Å². The third-order valence-electron chi connectivity index (χ3n) is 4.33. The van der Waals surface area contributed by atoms with Crippen molar-refractivity contribution in [1.82, 2.24) is 20.9 Å². The summed E-state index contributed by atoms with van der Waals surface area (Å²) < 4.78 is 0. The SMILES string of the molecule is CC(=O)NC(C)C(=O)NC(Cc1c[nH]c2ccccc12)C(=O)NC(C)C(N)=O. The zero-order chi connectivity index (χ0) is 20.8. The van der Waals surface area contributed by atoms with Crippen LogP contribution in [0.5, 0.6) is 0 Å². The smallest absolute Gasteiger partial charge is 0.243 e. The van der Waals surface area contributed by atoms with E-state index in [1.54, 1.807) is 6.20 Å². The average Bonchev–Trinajstić information content (AvgIpc) is 3.03. The molecule has 2 aromatic rings. The maximum Gasteiger partial charge on any atom is 0.243 e. The average molecular weight is 387 g/mol. The molecule has 3 atom stereocenters. The summed E-state index contributed by atoms with van der Waals surface area (Å²) in [6.07, 6.45) is 1.96. The molecular weight excluding hydrogens is 362 g/mol. The molecule has 9 nitrogen and oxygen atoms in total. The number of para-hydroxylation sites is 1. The van der Waals surface area contributed by atoms with Gasteiger partial charge in [-0.3, -0.25) is 19.2 Å². The number of aromatic amines is 1. The molecule has 0 fully saturated rings. The second-order valence-corrected chi connectivity index (χ2v) is 6.68. The van der Waals surface area contributed by atoms with Gasteiger partial charge >= 0.3 is 0 Å². The van der Waals surface area contributed by atoms with Crippen molar-refractivity contribution in [3.8, 4) is 0 Å². The lowest BCUT2D eigenvalue weighted by Crippen LogP contribution is -2.55. The van der Waals surface area contributed by atoms with E-state index in [1.807, 2.05) is 24.3 Å². The molecule has 3 unspecified atom stereocenters. The molecule has 150 valence electrons. The summed E-state index contributed by atoms with van der Waals surface area (Å²) in [5.41, 5.74) is 6.94. The van der Waals surface area contributed by atoms with Gasteiger partial charge in [-0.05, 0) is 25.5 Å². The van der Waals surface area contributed by atoms with Crippen LogP contribution in [0.25, 0.3) is 10.9 Å². The van der Waals surface area contributed by atoms with Gasteiger partial charge in [-0.25, -0.2) is 0 Å². The second kappa shape index (κ2) is 9.03. The lowest BCUT2D eigenvalue weighted by atomic mass is 10.0. The van der Waals surface area contributed by atoms with E-state index >= 15 is 0 Å². The van der Waals surface area contributed by atoms with Crippen LogP contribution < -0.4 is 21.7 Å². The molecule has 0 aliphatic rings. The summed E-state index contributed by atoms with van der Waals surface area (Å²) in [6.45, 7) is 4.28. The van der Waals surface area contributed by atoms with Gasteiger partial charge in [0.05, 0.1) is 0 Å². The molecule has 0 aliphatic heterocycles. The number of rotatable bonds is 8. The summed E-state index contributed by atoms with van der Waals surface area (Å²) >= 11 is 0. The first-order valence-corrected chi connectivity index (χ1v) is 8.91. The Balaban J connectivity index is 2.22. The number of nitrogens with two attached hydrogens (primary N) is 1. The van der Waals surface area contributed by atoms with Gasteiger partial charge < -0.3 is 26.7 Å². The fourth-order valence-corrected chi connectivity index (χ4v) is 2.78. The van der Waals surface area contributed by atoms with Gasteiger partial charge in [0, 0.05) is 30.4 Å². The maximum absolute atomic E-state index is 12.7. The summed E-state index contributed by atoms with van der Waals surface area (Å²) in [7, 11) is 0. The van der Waals surface area contributed by atoms with Crippen molar-refractivity contribution in [3.05, 3.63) is 36.0 Å². The molecule has 0 spiro atoms. The number of primary amides is 1. The Morgan fingerprint density at radius 2 is 1.68 bits per heavy atom. The third-order valence-corrected chi connectivity index (χ3v) is 4.33. The third kappa shape index (κ3) is 5.32. The van der Waals surface area contributed by atoms with Gasteiger partial charge in [0.15, 0.2) is 0 Å². The van der Waals surface area contributed by atoms with Gasteiger partial charge in [0.2, 0.25) is 23.6 Å². The number of nitrogens with one attached hydrogen (secondary N) is 4. The molecular formula is C19H25N5O4. The maximum atomic E-state index is 12.7. The highest BCUT2D eigenvalue weighted by Crippen LogP contribution is 2.19. The zero-order valence-corrected chi connectivity index (χ0v) is 16.0. The number of amides is 4. The Morgan fingerprint density at radius 3 is 2.32 bits per heavy atom. The number of H-pyrrole nitrogens is 1. The highest BCUT2D eigenvalue weighted by molar-refractivity contribution is 5.94. The van der Waals surface area contributed by atoms with E-state index in [1.165, 1.54) is 20.8 Å². The molecule has 0 saturated heterocycles. The van der Waals surface area contributed by atoms with Crippen LogP contribution in [0.3, 0.4) is 0 Å². The number of fused-ring (bicyclic) bond motifs is 1. The number of hydrogen-bond acceptors (Lipinski definition) is 4. The first kappa shape index (κ1) is 20.9. The molecule has 4 amide bonds. The first-order chi connectivity index (χ1) is 13.2. The topological polar surface area (TPSA) is 146 Å². The van der Waals surface area contributed by atoms with E-state index in [0.717, 1.165) is 16.5 Å². The number of carbonyl (C=O) groups excluding carboxylic acids is 4. The predicted octanol–water partition coefficient (Wildman–Crippen LogP) is -0.290. The number of aromatic nitrogens is 1. The lowest BCUT2D eigenvalue weighted by Gasteiger charge is -2.22. The van der Waals surface area contributed by atoms with Crippen molar-refractivity contribution >= 4 is 34.5 Å². The molecule has 0 radical (unpaired) electrons. The normalized spacial score (nSPS) is 14.0. The van der Waals surface area contributed by atoms with Crippen molar-refractivity contribution in [2.75, 3.05) is 0 Å². The standard InChI is InChI=1S/C19H25N5O4/c1-10(17(20)26)23-19(28)16(24-18(27)11(2)22-12(3)25)8-13-9-21-15-7-5-4-6-14(13)15/h4-7,9-11,16,21H,8H2,1-3H3,(H2,20,26)(H,22,25)(H,23,28)(H,24,27). The highest BCUT2D eigenvalue weighted by Gasteiger charge is 2.27. The summed E-state index contributed by atoms with van der Waals surface area (Å²) in [5, 5.41) is 8.53. The molecule has 1 heterocycles. The van der Waals surface area contributed by atoms with Crippen LogP contribution in [0.15, 0.2) is 30.5 Å². The molecule has 1 aromatic heterocycles. The van der Waals surface area contributed by atoms with Gasteiger partial charge in [-0.15, -0.1) is 0 Å². The Bertz CT molecular complexity index is 891. The summed E-state index contributed by atoms with van der Waals surface area (Å²) in [6, 6.07) is 4.92. The molecule has 28 heavy (non-hydrogen) atoms. The van der Waals surface area contributed by atoms with E-state index in [4.69, 9.17) is 5.73 Å². The zero-order valence-electron chi connectivity index (χ0n) is 16.0. The molecule has 2 rings (SSSR count). The monoisotopic (exact) mass is 387 g/mol. The van der Waals surface area contributed by atoms with Crippen LogP contribution in [0.2, 0.25) is 0 Å². The van der Waals surface area contributed by atoms with E-state index in [0.29, 0.717) is 0 Å². The molecule has 9 heteroatoms. The van der Waals surface area contributed by atoms with Gasteiger partial charge in [0.1, 0.15) is 18.1 Å². The minimum atomic E-state index is -0.954. The minimum Gasteiger partial charge on any atom is -0.368 e. The van der Waals surface area contributed by atoms with E-state index in [-0.39, 0.29) is 12.3 Å². The second-order valence-electron chi connectivity index (χ2n) is 6.68. The highest BCUT2D eigenvalue weighted by atomic mass is 16.2. The Kier molecular flexibility index (Phi) is 6.75. The first-order valence-electron chi connectivity index (χ1n) is 8.91. The van der Waals surface area contributed by atoms with Gasteiger partial charge in [-0.1, -0.05) is 18.2 Å². The minimum absolute atomic E-state index is 0.194. The molecule has 1 aromatic carbocycles. The van der Waals surface area contributed by atoms with E-state index in [9.17, 15) is 19.2 Å².